The van der Waals surface area contributed by atoms with E-state index < -0.39 is 0 Å². The minimum absolute atomic E-state index is 0.0541. The molecule has 1 aromatic rings. The Bertz CT molecular complexity index is 378. The number of carbonyl (C=O) groups excluding carboxylic acids is 1. The third kappa shape index (κ3) is 3.56. The van der Waals surface area contributed by atoms with Crippen LogP contribution in [0.4, 0.5) is 0 Å². The van der Waals surface area contributed by atoms with Gasteiger partial charge in [-0.15, -0.1) is 0 Å². The van der Waals surface area contributed by atoms with Crippen LogP contribution < -0.4 is 4.74 Å². The molecular formula is C14H20O3. The Morgan fingerprint density at radius 3 is 2.47 bits per heavy atom. The molecule has 0 radical (unpaired) electrons. The van der Waals surface area contributed by atoms with Crippen LogP contribution in [0.15, 0.2) is 18.2 Å². The fourth-order valence-electron chi connectivity index (χ4n) is 1.63. The number of carbonyl (C=O) groups is 1. The van der Waals surface area contributed by atoms with Crippen LogP contribution in [0.5, 0.6) is 5.75 Å². The van der Waals surface area contributed by atoms with Gasteiger partial charge in [-0.2, -0.15) is 0 Å². The van der Waals surface area contributed by atoms with E-state index in [1.807, 2.05) is 12.1 Å². The van der Waals surface area contributed by atoms with Gasteiger partial charge >= 0.3 is 0 Å². The molecule has 0 spiro atoms. The van der Waals surface area contributed by atoms with Gasteiger partial charge in [-0.05, 0) is 11.5 Å². The second-order valence-corrected chi connectivity index (χ2v) is 4.93. The quantitative estimate of drug-likeness (QED) is 0.582. The molecule has 0 fully saturated rings. The second-order valence-electron chi connectivity index (χ2n) is 4.93. The minimum atomic E-state index is -0.0541. The standard InChI is InChI=1S/C14H20O3/c1-14(2,3)12-7-5-6-11(10-15)13(12)17-9-8-16-4/h5-7,10H,8-9H2,1-4H3. The number of ether oxygens (including phenoxy) is 2. The van der Waals surface area contributed by atoms with Crippen LogP contribution in [0, 0.1) is 0 Å². The van der Waals surface area contributed by atoms with Crippen molar-refractivity contribution in [3.8, 4) is 5.75 Å². The number of hydrogen-bond donors (Lipinski definition) is 0. The summed E-state index contributed by atoms with van der Waals surface area (Å²) in [6, 6.07) is 5.65. The molecule has 0 aliphatic heterocycles. The Hall–Kier alpha value is -1.35. The van der Waals surface area contributed by atoms with Gasteiger partial charge in [0, 0.05) is 12.7 Å². The summed E-state index contributed by atoms with van der Waals surface area (Å²) in [4.78, 5) is 11.0. The molecule has 0 amide bonds. The summed E-state index contributed by atoms with van der Waals surface area (Å²) in [5, 5.41) is 0. The van der Waals surface area contributed by atoms with Crippen LogP contribution in [-0.4, -0.2) is 26.6 Å². The van der Waals surface area contributed by atoms with Crippen molar-refractivity contribution in [2.75, 3.05) is 20.3 Å². The predicted molar refractivity (Wildman–Crippen MR) is 67.9 cm³/mol. The van der Waals surface area contributed by atoms with Crippen LogP contribution in [0.25, 0.3) is 0 Å². The summed E-state index contributed by atoms with van der Waals surface area (Å²) >= 11 is 0. The largest absolute Gasteiger partial charge is 0.490 e. The van der Waals surface area contributed by atoms with Crippen molar-refractivity contribution in [2.45, 2.75) is 26.2 Å². The van der Waals surface area contributed by atoms with Gasteiger partial charge in [0.1, 0.15) is 12.4 Å². The smallest absolute Gasteiger partial charge is 0.153 e. The zero-order chi connectivity index (χ0) is 12.9. The summed E-state index contributed by atoms with van der Waals surface area (Å²) in [6.07, 6.45) is 0.831. The fourth-order valence-corrected chi connectivity index (χ4v) is 1.63. The number of methoxy groups -OCH3 is 1. The van der Waals surface area contributed by atoms with E-state index in [9.17, 15) is 4.79 Å². The number of aldehydes is 1. The van der Waals surface area contributed by atoms with E-state index in [-0.39, 0.29) is 5.41 Å². The third-order valence-corrected chi connectivity index (χ3v) is 2.51. The number of hydrogen-bond acceptors (Lipinski definition) is 3. The molecule has 0 aliphatic carbocycles. The van der Waals surface area contributed by atoms with E-state index in [0.717, 1.165) is 11.8 Å². The molecule has 0 aliphatic rings. The normalized spacial score (nSPS) is 11.3. The number of para-hydroxylation sites is 1. The zero-order valence-corrected chi connectivity index (χ0v) is 10.9. The monoisotopic (exact) mass is 236 g/mol. The topological polar surface area (TPSA) is 35.5 Å². The van der Waals surface area contributed by atoms with E-state index in [1.165, 1.54) is 0 Å². The zero-order valence-electron chi connectivity index (χ0n) is 10.9. The van der Waals surface area contributed by atoms with Gasteiger partial charge in [0.2, 0.25) is 0 Å². The lowest BCUT2D eigenvalue weighted by atomic mass is 9.85. The molecule has 3 heteroatoms. The van der Waals surface area contributed by atoms with Gasteiger partial charge in [0.25, 0.3) is 0 Å². The first kappa shape index (κ1) is 13.7. The average molecular weight is 236 g/mol. The van der Waals surface area contributed by atoms with Crippen LogP contribution >= 0.6 is 0 Å². The molecule has 0 heterocycles. The third-order valence-electron chi connectivity index (χ3n) is 2.51. The van der Waals surface area contributed by atoms with E-state index in [2.05, 4.69) is 20.8 Å². The highest BCUT2D eigenvalue weighted by atomic mass is 16.5. The molecule has 0 bridgehead atoms. The summed E-state index contributed by atoms with van der Waals surface area (Å²) < 4.78 is 10.6. The highest BCUT2D eigenvalue weighted by Gasteiger charge is 2.21. The van der Waals surface area contributed by atoms with Crippen LogP contribution in [0.1, 0.15) is 36.7 Å². The summed E-state index contributed by atoms with van der Waals surface area (Å²) in [5.74, 6) is 0.673. The van der Waals surface area contributed by atoms with Crippen LogP contribution in [0.2, 0.25) is 0 Å². The Morgan fingerprint density at radius 1 is 1.24 bits per heavy atom. The maximum absolute atomic E-state index is 11.0. The minimum Gasteiger partial charge on any atom is -0.490 e. The van der Waals surface area contributed by atoms with Gasteiger partial charge in [-0.25, -0.2) is 0 Å². The molecule has 0 aromatic heterocycles. The number of benzene rings is 1. The van der Waals surface area contributed by atoms with Crippen molar-refractivity contribution in [1.82, 2.24) is 0 Å². The first-order valence-electron chi connectivity index (χ1n) is 5.71. The lowest BCUT2D eigenvalue weighted by molar-refractivity contribution is 0.111. The molecule has 17 heavy (non-hydrogen) atoms. The lowest BCUT2D eigenvalue weighted by Crippen LogP contribution is -2.16. The van der Waals surface area contributed by atoms with Crippen molar-refractivity contribution in [3.05, 3.63) is 29.3 Å². The van der Waals surface area contributed by atoms with Gasteiger partial charge in [0.05, 0.1) is 12.2 Å². The highest BCUT2D eigenvalue weighted by molar-refractivity contribution is 5.80. The molecule has 0 saturated heterocycles. The Kier molecular flexibility index (Phi) is 4.70. The molecule has 0 atom stereocenters. The first-order chi connectivity index (χ1) is 8.00. The first-order valence-corrected chi connectivity index (χ1v) is 5.71. The fraction of sp³-hybridized carbons (Fsp3) is 0.500. The van der Waals surface area contributed by atoms with Gasteiger partial charge in [-0.1, -0.05) is 32.9 Å². The molecule has 0 saturated carbocycles. The van der Waals surface area contributed by atoms with E-state index in [4.69, 9.17) is 9.47 Å². The van der Waals surface area contributed by atoms with E-state index in [0.29, 0.717) is 24.5 Å². The summed E-state index contributed by atoms with van der Waals surface area (Å²) in [5.41, 5.74) is 1.58. The molecular weight excluding hydrogens is 216 g/mol. The van der Waals surface area contributed by atoms with Crippen LogP contribution in [0.3, 0.4) is 0 Å². The van der Waals surface area contributed by atoms with Crippen LogP contribution in [-0.2, 0) is 10.2 Å². The van der Waals surface area contributed by atoms with E-state index in [1.54, 1.807) is 13.2 Å². The van der Waals surface area contributed by atoms with Gasteiger partial charge < -0.3 is 9.47 Å². The SMILES string of the molecule is COCCOc1c(C=O)cccc1C(C)(C)C. The Labute approximate surface area is 103 Å². The molecule has 3 nitrogen and oxygen atoms in total. The second kappa shape index (κ2) is 5.82. The molecule has 1 rings (SSSR count). The highest BCUT2D eigenvalue weighted by Crippen LogP contribution is 2.33. The molecule has 0 N–H and O–H groups in total. The van der Waals surface area contributed by atoms with Gasteiger partial charge in [0.15, 0.2) is 6.29 Å². The van der Waals surface area contributed by atoms with E-state index >= 15 is 0 Å². The molecule has 1 aromatic carbocycles. The Morgan fingerprint density at radius 2 is 1.94 bits per heavy atom. The van der Waals surface area contributed by atoms with Crippen molar-refractivity contribution in [1.29, 1.82) is 0 Å². The van der Waals surface area contributed by atoms with Crippen molar-refractivity contribution >= 4 is 6.29 Å². The molecule has 94 valence electrons. The van der Waals surface area contributed by atoms with Crippen molar-refractivity contribution in [3.63, 3.8) is 0 Å². The maximum atomic E-state index is 11.0. The lowest BCUT2D eigenvalue weighted by Gasteiger charge is -2.23. The molecule has 0 unspecified atom stereocenters. The number of rotatable bonds is 5. The predicted octanol–water partition coefficient (Wildman–Crippen LogP) is 2.82. The summed E-state index contributed by atoms with van der Waals surface area (Å²) in [6.45, 7) is 7.25. The van der Waals surface area contributed by atoms with Gasteiger partial charge in [-0.3, -0.25) is 4.79 Å². The Balaban J connectivity index is 3.07. The average Bonchev–Trinajstić information content (AvgIpc) is 2.28. The maximum Gasteiger partial charge on any atom is 0.153 e. The van der Waals surface area contributed by atoms with Crippen molar-refractivity contribution in [2.24, 2.45) is 0 Å². The summed E-state index contributed by atoms with van der Waals surface area (Å²) in [7, 11) is 1.62. The van der Waals surface area contributed by atoms with Crippen molar-refractivity contribution < 1.29 is 14.3 Å².